The summed E-state index contributed by atoms with van der Waals surface area (Å²) in [4.78, 5) is 22.2. The second kappa shape index (κ2) is 6.71. The highest BCUT2D eigenvalue weighted by molar-refractivity contribution is 6.30. The van der Waals surface area contributed by atoms with E-state index in [1.54, 1.807) is 30.3 Å². The molecule has 1 heterocycles. The Hall–Kier alpha value is -2.60. The van der Waals surface area contributed by atoms with Gasteiger partial charge < -0.3 is 10.4 Å². The molecule has 0 aliphatic rings. The van der Waals surface area contributed by atoms with E-state index in [-0.39, 0.29) is 12.5 Å². The number of benzene rings is 1. The van der Waals surface area contributed by atoms with Crippen molar-refractivity contribution < 1.29 is 14.7 Å². The van der Waals surface area contributed by atoms with Crippen LogP contribution in [0, 0.1) is 0 Å². The molecule has 0 saturated heterocycles. The highest BCUT2D eigenvalue weighted by atomic mass is 35.5. The molecule has 6 nitrogen and oxygen atoms in total. The van der Waals surface area contributed by atoms with E-state index in [1.807, 2.05) is 0 Å². The number of carboxylic acid groups (broad SMARTS) is 1. The standard InChI is InChI=1S/C14H12ClN3O3/c15-11-4-1-10(2-5-11)3-6-13(19)17-12-7-16-18(8-12)9-14(20)21/h1-8H,9H2,(H,17,19)(H,20,21)/b6-3+. The van der Waals surface area contributed by atoms with Crippen LogP contribution in [0.5, 0.6) is 0 Å². The minimum absolute atomic E-state index is 0.253. The van der Waals surface area contributed by atoms with Crippen molar-refractivity contribution in [1.82, 2.24) is 9.78 Å². The number of carbonyl (C=O) groups excluding carboxylic acids is 1. The Kier molecular flexibility index (Phi) is 4.73. The largest absolute Gasteiger partial charge is 0.480 e. The minimum atomic E-state index is -1.00. The first-order valence-electron chi connectivity index (χ1n) is 6.02. The quantitative estimate of drug-likeness (QED) is 0.830. The Morgan fingerprint density at radius 2 is 2.05 bits per heavy atom. The van der Waals surface area contributed by atoms with Crippen LogP contribution in [0.25, 0.3) is 6.08 Å². The van der Waals surface area contributed by atoms with Gasteiger partial charge in [-0.3, -0.25) is 14.3 Å². The normalized spacial score (nSPS) is 10.7. The van der Waals surface area contributed by atoms with Gasteiger partial charge in [0.1, 0.15) is 6.54 Å². The monoisotopic (exact) mass is 305 g/mol. The van der Waals surface area contributed by atoms with Gasteiger partial charge in [0.25, 0.3) is 0 Å². The molecule has 21 heavy (non-hydrogen) atoms. The van der Waals surface area contributed by atoms with Crippen LogP contribution in [0.1, 0.15) is 5.56 Å². The summed E-state index contributed by atoms with van der Waals surface area (Å²) in [6.45, 7) is -0.253. The van der Waals surface area contributed by atoms with Crippen LogP contribution in [-0.4, -0.2) is 26.8 Å². The third-order valence-electron chi connectivity index (χ3n) is 2.50. The van der Waals surface area contributed by atoms with E-state index >= 15 is 0 Å². The summed E-state index contributed by atoms with van der Waals surface area (Å²) in [5, 5.41) is 15.7. The van der Waals surface area contributed by atoms with Gasteiger partial charge >= 0.3 is 5.97 Å². The van der Waals surface area contributed by atoms with Gasteiger partial charge in [0.2, 0.25) is 5.91 Å². The summed E-state index contributed by atoms with van der Waals surface area (Å²) in [6, 6.07) is 7.04. The van der Waals surface area contributed by atoms with E-state index in [1.165, 1.54) is 23.2 Å². The molecule has 1 aromatic carbocycles. The molecule has 7 heteroatoms. The predicted octanol–water partition coefficient (Wildman–Crippen LogP) is 2.27. The van der Waals surface area contributed by atoms with E-state index in [0.717, 1.165) is 5.56 Å². The molecule has 1 amide bonds. The molecule has 0 unspecified atom stereocenters. The molecule has 0 fully saturated rings. The van der Waals surface area contributed by atoms with Gasteiger partial charge in [-0.15, -0.1) is 0 Å². The number of nitrogens with one attached hydrogen (secondary N) is 1. The number of anilines is 1. The van der Waals surface area contributed by atoms with Crippen LogP contribution in [0.15, 0.2) is 42.7 Å². The molecule has 0 spiro atoms. The van der Waals surface area contributed by atoms with Crippen molar-refractivity contribution in [2.75, 3.05) is 5.32 Å². The number of hydrogen-bond acceptors (Lipinski definition) is 3. The van der Waals surface area contributed by atoms with Crippen LogP contribution in [0.3, 0.4) is 0 Å². The Bertz CT molecular complexity index is 677. The molecule has 1 aromatic heterocycles. The molecule has 0 bridgehead atoms. The van der Waals surface area contributed by atoms with E-state index < -0.39 is 5.97 Å². The molecular weight excluding hydrogens is 294 g/mol. The van der Waals surface area contributed by atoms with Crippen molar-refractivity contribution in [2.24, 2.45) is 0 Å². The van der Waals surface area contributed by atoms with Crippen molar-refractivity contribution in [3.8, 4) is 0 Å². The topological polar surface area (TPSA) is 84.2 Å². The lowest BCUT2D eigenvalue weighted by molar-refractivity contribution is -0.137. The van der Waals surface area contributed by atoms with Crippen LogP contribution < -0.4 is 5.32 Å². The van der Waals surface area contributed by atoms with Gasteiger partial charge in [0.15, 0.2) is 0 Å². The van der Waals surface area contributed by atoms with Gasteiger partial charge in [-0.05, 0) is 23.8 Å². The van der Waals surface area contributed by atoms with E-state index in [9.17, 15) is 9.59 Å². The first kappa shape index (κ1) is 14.8. The zero-order chi connectivity index (χ0) is 15.2. The van der Waals surface area contributed by atoms with Gasteiger partial charge in [-0.1, -0.05) is 23.7 Å². The first-order chi connectivity index (χ1) is 10.0. The number of halogens is 1. The first-order valence-corrected chi connectivity index (χ1v) is 6.39. The minimum Gasteiger partial charge on any atom is -0.480 e. The number of aliphatic carboxylic acids is 1. The molecule has 2 N–H and O–H groups in total. The molecule has 0 saturated carbocycles. The van der Waals surface area contributed by atoms with Crippen molar-refractivity contribution >= 4 is 35.2 Å². The van der Waals surface area contributed by atoms with Crippen LogP contribution in [-0.2, 0) is 16.1 Å². The Morgan fingerprint density at radius 3 is 2.71 bits per heavy atom. The lowest BCUT2D eigenvalue weighted by atomic mass is 10.2. The molecule has 0 aliphatic heterocycles. The second-order valence-corrected chi connectivity index (χ2v) is 4.63. The average molecular weight is 306 g/mol. The number of carbonyl (C=O) groups is 2. The smallest absolute Gasteiger partial charge is 0.325 e. The maximum atomic E-state index is 11.7. The molecule has 0 radical (unpaired) electrons. The Labute approximate surface area is 125 Å². The van der Waals surface area contributed by atoms with E-state index in [0.29, 0.717) is 10.7 Å². The average Bonchev–Trinajstić information content (AvgIpc) is 2.84. The van der Waals surface area contributed by atoms with Crippen molar-refractivity contribution in [1.29, 1.82) is 0 Å². The molecule has 2 aromatic rings. The lowest BCUT2D eigenvalue weighted by Crippen LogP contribution is -2.09. The highest BCUT2D eigenvalue weighted by Crippen LogP contribution is 2.11. The molecule has 0 aliphatic carbocycles. The third kappa shape index (κ3) is 4.77. The molecule has 0 atom stereocenters. The van der Waals surface area contributed by atoms with Gasteiger partial charge in [-0.25, -0.2) is 0 Å². The fraction of sp³-hybridized carbons (Fsp3) is 0.0714. The fourth-order valence-electron chi connectivity index (χ4n) is 1.58. The van der Waals surface area contributed by atoms with Crippen LogP contribution in [0.4, 0.5) is 5.69 Å². The third-order valence-corrected chi connectivity index (χ3v) is 2.75. The SMILES string of the molecule is O=C(O)Cn1cc(NC(=O)/C=C/c2ccc(Cl)cc2)cn1. The van der Waals surface area contributed by atoms with E-state index in [2.05, 4.69) is 10.4 Å². The van der Waals surface area contributed by atoms with Gasteiger partial charge in [0, 0.05) is 17.3 Å². The van der Waals surface area contributed by atoms with Crippen molar-refractivity contribution in [2.45, 2.75) is 6.54 Å². The van der Waals surface area contributed by atoms with Gasteiger partial charge in [-0.2, -0.15) is 5.10 Å². The molecule has 108 valence electrons. The Balaban J connectivity index is 1.93. The van der Waals surface area contributed by atoms with Crippen molar-refractivity contribution in [3.05, 3.63) is 53.3 Å². The number of rotatable bonds is 5. The maximum absolute atomic E-state index is 11.7. The fourth-order valence-corrected chi connectivity index (χ4v) is 1.71. The summed E-state index contributed by atoms with van der Waals surface area (Å²) in [6.07, 6.45) is 5.85. The zero-order valence-electron chi connectivity index (χ0n) is 10.9. The lowest BCUT2D eigenvalue weighted by Gasteiger charge is -1.97. The summed E-state index contributed by atoms with van der Waals surface area (Å²) in [5.41, 5.74) is 1.28. The summed E-state index contributed by atoms with van der Waals surface area (Å²) < 4.78 is 1.22. The van der Waals surface area contributed by atoms with Crippen LogP contribution in [0.2, 0.25) is 5.02 Å². The number of nitrogens with zero attached hydrogens (tertiary/aromatic N) is 2. The number of hydrogen-bond donors (Lipinski definition) is 2. The maximum Gasteiger partial charge on any atom is 0.325 e. The second-order valence-electron chi connectivity index (χ2n) is 4.19. The summed E-state index contributed by atoms with van der Waals surface area (Å²) in [5.74, 6) is -1.33. The molecular formula is C14H12ClN3O3. The van der Waals surface area contributed by atoms with Crippen molar-refractivity contribution in [3.63, 3.8) is 0 Å². The number of amides is 1. The summed E-state index contributed by atoms with van der Waals surface area (Å²) >= 11 is 5.77. The van der Waals surface area contributed by atoms with Crippen LogP contribution >= 0.6 is 11.6 Å². The van der Waals surface area contributed by atoms with E-state index in [4.69, 9.17) is 16.7 Å². The number of carboxylic acids is 1. The summed E-state index contributed by atoms with van der Waals surface area (Å²) in [7, 11) is 0. The Morgan fingerprint density at radius 1 is 1.33 bits per heavy atom. The predicted molar refractivity (Wildman–Crippen MR) is 79.0 cm³/mol. The highest BCUT2D eigenvalue weighted by Gasteiger charge is 2.04. The zero-order valence-corrected chi connectivity index (χ0v) is 11.6. The molecule has 2 rings (SSSR count). The van der Waals surface area contributed by atoms with Gasteiger partial charge in [0.05, 0.1) is 11.9 Å². The number of aromatic nitrogens is 2.